The molecule has 176 valence electrons. The minimum atomic E-state index is -0.561. The number of carbonyl (C=O) groups is 1. The zero-order chi connectivity index (χ0) is 23.8. The number of hydrogen-bond donors (Lipinski definition) is 3. The quantitative estimate of drug-likeness (QED) is 0.599. The minimum Gasteiger partial charge on any atom is -0.507 e. The second-order valence-electron chi connectivity index (χ2n) is 9.89. The first-order chi connectivity index (χ1) is 15.6. The van der Waals surface area contributed by atoms with Crippen LogP contribution < -0.4 is 15.5 Å². The van der Waals surface area contributed by atoms with E-state index in [1.165, 1.54) is 50.6 Å². The maximum absolute atomic E-state index is 14.5. The van der Waals surface area contributed by atoms with Crippen LogP contribution in [0.15, 0.2) is 30.3 Å². The van der Waals surface area contributed by atoms with Gasteiger partial charge in [-0.2, -0.15) is 0 Å². The number of rotatable bonds is 5. The molecule has 1 unspecified atom stereocenters. The summed E-state index contributed by atoms with van der Waals surface area (Å²) < 4.78 is 14.5. The fourth-order valence-corrected chi connectivity index (χ4v) is 5.42. The number of phenolic OH excluding ortho intramolecular Hbond substituents is 1. The third kappa shape index (κ3) is 4.85. The summed E-state index contributed by atoms with van der Waals surface area (Å²) in [5.41, 5.74) is 1.01. The maximum Gasteiger partial charge on any atom is 0.243 e. The number of piperidine rings is 2. The standard InChI is InChI=1S/C25H32FN5O2/c1-24-10-5-11-25(2,30-24)15-17(14-24)31(4)22-8-7-20(28-29-22)18-13-19(26)16(12-21(18)32)6-9-23(33)27-3/h6-9,12-13,17,30,32H,5,10-11,14-15H2,1-4H3,(H,27,33)/b9-6+/t17?,24-,25+. The Bertz CT molecular complexity index is 1060. The Morgan fingerprint density at radius 2 is 1.94 bits per heavy atom. The van der Waals surface area contributed by atoms with Crippen LogP contribution in [0.3, 0.4) is 0 Å². The predicted molar refractivity (Wildman–Crippen MR) is 127 cm³/mol. The summed E-state index contributed by atoms with van der Waals surface area (Å²) >= 11 is 0. The molecule has 2 aromatic rings. The van der Waals surface area contributed by atoms with Crippen molar-refractivity contribution in [3.05, 3.63) is 41.7 Å². The topological polar surface area (TPSA) is 90.4 Å². The number of aromatic nitrogens is 2. The maximum atomic E-state index is 14.5. The molecule has 2 aliphatic rings. The number of aromatic hydroxyl groups is 1. The zero-order valence-electron chi connectivity index (χ0n) is 19.7. The average molecular weight is 454 g/mol. The van der Waals surface area contributed by atoms with Crippen LogP contribution in [0, 0.1) is 5.82 Å². The Hall–Kier alpha value is -3.00. The molecule has 33 heavy (non-hydrogen) atoms. The summed E-state index contributed by atoms with van der Waals surface area (Å²) in [6.07, 6.45) is 8.21. The second-order valence-corrected chi connectivity index (χ2v) is 9.89. The van der Waals surface area contributed by atoms with Gasteiger partial charge in [-0.15, -0.1) is 10.2 Å². The van der Waals surface area contributed by atoms with Crippen molar-refractivity contribution in [3.63, 3.8) is 0 Å². The first-order valence-electron chi connectivity index (χ1n) is 11.4. The Morgan fingerprint density at radius 3 is 2.55 bits per heavy atom. The monoisotopic (exact) mass is 453 g/mol. The first kappa shape index (κ1) is 23.2. The van der Waals surface area contributed by atoms with Crippen molar-refractivity contribution in [2.75, 3.05) is 19.0 Å². The fourth-order valence-electron chi connectivity index (χ4n) is 5.42. The van der Waals surface area contributed by atoms with E-state index in [1.54, 1.807) is 6.07 Å². The highest BCUT2D eigenvalue weighted by atomic mass is 19.1. The lowest BCUT2D eigenvalue weighted by Gasteiger charge is -2.55. The van der Waals surface area contributed by atoms with Gasteiger partial charge in [0.1, 0.15) is 11.6 Å². The second kappa shape index (κ2) is 8.74. The van der Waals surface area contributed by atoms with Gasteiger partial charge in [0.05, 0.1) is 5.69 Å². The Kier molecular flexibility index (Phi) is 6.14. The average Bonchev–Trinajstić information content (AvgIpc) is 2.77. The summed E-state index contributed by atoms with van der Waals surface area (Å²) in [5.74, 6) is -0.297. The van der Waals surface area contributed by atoms with Gasteiger partial charge in [-0.3, -0.25) is 4.79 Å². The Labute approximate surface area is 194 Å². The van der Waals surface area contributed by atoms with Crippen LogP contribution in [0.5, 0.6) is 5.75 Å². The number of nitrogens with zero attached hydrogens (tertiary/aromatic N) is 3. The Morgan fingerprint density at radius 1 is 1.24 bits per heavy atom. The van der Waals surface area contributed by atoms with Crippen LogP contribution in [-0.4, -0.2) is 52.4 Å². The van der Waals surface area contributed by atoms with Crippen molar-refractivity contribution in [2.45, 2.75) is 63.1 Å². The van der Waals surface area contributed by atoms with Crippen LogP contribution in [-0.2, 0) is 4.79 Å². The molecular weight excluding hydrogens is 421 g/mol. The fraction of sp³-hybridized carbons (Fsp3) is 0.480. The molecule has 1 aromatic carbocycles. The summed E-state index contributed by atoms with van der Waals surface area (Å²) in [4.78, 5) is 13.5. The normalized spacial score (nSPS) is 26.9. The van der Waals surface area contributed by atoms with E-state index in [0.717, 1.165) is 18.7 Å². The van der Waals surface area contributed by atoms with E-state index < -0.39 is 5.82 Å². The van der Waals surface area contributed by atoms with Crippen LogP contribution in [0.4, 0.5) is 10.2 Å². The molecule has 3 heterocycles. The van der Waals surface area contributed by atoms with E-state index in [-0.39, 0.29) is 33.9 Å². The van der Waals surface area contributed by atoms with E-state index in [2.05, 4.69) is 39.6 Å². The molecule has 0 radical (unpaired) electrons. The summed E-state index contributed by atoms with van der Waals surface area (Å²) in [6, 6.07) is 6.45. The predicted octanol–water partition coefficient (Wildman–Crippen LogP) is 3.64. The van der Waals surface area contributed by atoms with Crippen LogP contribution in [0.1, 0.15) is 51.5 Å². The molecule has 4 rings (SSSR count). The highest BCUT2D eigenvalue weighted by Gasteiger charge is 2.46. The lowest BCUT2D eigenvalue weighted by atomic mass is 9.69. The lowest BCUT2D eigenvalue weighted by molar-refractivity contribution is -0.115. The molecular formula is C25H32FN5O2. The van der Waals surface area contributed by atoms with Gasteiger partial charge in [-0.25, -0.2) is 4.39 Å². The van der Waals surface area contributed by atoms with E-state index >= 15 is 0 Å². The highest BCUT2D eigenvalue weighted by molar-refractivity contribution is 5.91. The molecule has 0 spiro atoms. The number of hydrogen-bond acceptors (Lipinski definition) is 6. The molecule has 8 heteroatoms. The molecule has 0 aliphatic carbocycles. The SMILES string of the molecule is CNC(=O)/C=C/c1cc(O)c(-c2ccc(N(C)C3C[C@]4(C)CCC[C@](C)(C3)N4)nn2)cc1F. The highest BCUT2D eigenvalue weighted by Crippen LogP contribution is 2.42. The number of anilines is 1. The van der Waals surface area contributed by atoms with Gasteiger partial charge >= 0.3 is 0 Å². The van der Waals surface area contributed by atoms with Gasteiger partial charge in [0.2, 0.25) is 5.91 Å². The smallest absolute Gasteiger partial charge is 0.243 e. The van der Waals surface area contributed by atoms with Crippen molar-refractivity contribution in [3.8, 4) is 17.0 Å². The Balaban J connectivity index is 1.53. The van der Waals surface area contributed by atoms with Crippen LogP contribution in [0.2, 0.25) is 0 Å². The molecule has 2 aliphatic heterocycles. The number of fused-ring (bicyclic) bond motifs is 2. The molecule has 1 amide bonds. The van der Waals surface area contributed by atoms with E-state index in [4.69, 9.17) is 0 Å². The van der Waals surface area contributed by atoms with Gasteiger partial charge in [0.15, 0.2) is 5.82 Å². The van der Waals surface area contributed by atoms with Gasteiger partial charge in [0.25, 0.3) is 0 Å². The van der Waals surface area contributed by atoms with Crippen molar-refractivity contribution in [1.29, 1.82) is 0 Å². The van der Waals surface area contributed by atoms with Gasteiger partial charge in [-0.05, 0) is 76.3 Å². The van der Waals surface area contributed by atoms with Crippen LogP contribution in [0.25, 0.3) is 17.3 Å². The van der Waals surface area contributed by atoms with E-state index in [1.807, 2.05) is 13.1 Å². The number of carbonyl (C=O) groups excluding carboxylic acids is 1. The number of likely N-dealkylation sites (N-methyl/N-ethyl adjacent to an activating group) is 1. The van der Waals surface area contributed by atoms with Crippen molar-refractivity contribution in [2.24, 2.45) is 0 Å². The van der Waals surface area contributed by atoms with E-state index in [9.17, 15) is 14.3 Å². The lowest BCUT2D eigenvalue weighted by Crippen LogP contribution is -2.66. The number of nitrogens with one attached hydrogen (secondary N) is 2. The molecule has 0 saturated carbocycles. The third-order valence-electron chi connectivity index (χ3n) is 7.04. The molecule has 3 N–H and O–H groups in total. The third-order valence-corrected chi connectivity index (χ3v) is 7.04. The summed E-state index contributed by atoms with van der Waals surface area (Å²) in [6.45, 7) is 4.62. The number of amides is 1. The number of halogens is 1. The van der Waals surface area contributed by atoms with Crippen LogP contribution >= 0.6 is 0 Å². The van der Waals surface area contributed by atoms with Crippen molar-refractivity contribution in [1.82, 2.24) is 20.8 Å². The number of benzene rings is 1. The molecule has 2 bridgehead atoms. The molecule has 1 aromatic heterocycles. The summed E-state index contributed by atoms with van der Waals surface area (Å²) in [5, 5.41) is 25.4. The largest absolute Gasteiger partial charge is 0.507 e. The van der Waals surface area contributed by atoms with Crippen molar-refractivity contribution >= 4 is 17.8 Å². The molecule has 7 nitrogen and oxygen atoms in total. The van der Waals surface area contributed by atoms with Gasteiger partial charge < -0.3 is 20.6 Å². The zero-order valence-corrected chi connectivity index (χ0v) is 19.7. The van der Waals surface area contributed by atoms with Crippen molar-refractivity contribution < 1.29 is 14.3 Å². The van der Waals surface area contributed by atoms with Gasteiger partial charge in [-0.1, -0.05) is 0 Å². The van der Waals surface area contributed by atoms with E-state index in [0.29, 0.717) is 11.7 Å². The van der Waals surface area contributed by atoms with Gasteiger partial charge in [0, 0.05) is 48.4 Å². The molecule has 2 saturated heterocycles. The first-order valence-corrected chi connectivity index (χ1v) is 11.4. The minimum absolute atomic E-state index is 0.114. The number of phenols is 1. The summed E-state index contributed by atoms with van der Waals surface area (Å²) in [7, 11) is 3.54. The molecule has 2 fully saturated rings. The molecule has 3 atom stereocenters.